The summed E-state index contributed by atoms with van der Waals surface area (Å²) in [6.45, 7) is 0.301. The highest BCUT2D eigenvalue weighted by Crippen LogP contribution is 2.37. The Morgan fingerprint density at radius 1 is 1.25 bits per heavy atom. The van der Waals surface area contributed by atoms with Crippen molar-refractivity contribution in [2.24, 2.45) is 0 Å². The molecule has 8 heteroatoms. The maximum Gasteiger partial charge on any atom is 0.346 e. The first-order chi connectivity index (χ1) is 11.6. The third kappa shape index (κ3) is 2.65. The van der Waals surface area contributed by atoms with Crippen LogP contribution in [0.3, 0.4) is 0 Å². The van der Waals surface area contributed by atoms with Crippen LogP contribution in [0, 0.1) is 10.1 Å². The summed E-state index contributed by atoms with van der Waals surface area (Å²) in [6, 6.07) is 10.3. The molecule has 0 radical (unpaired) electrons. The quantitative estimate of drug-likeness (QED) is 0.527. The zero-order valence-corrected chi connectivity index (χ0v) is 13.5. The van der Waals surface area contributed by atoms with Crippen LogP contribution in [0.25, 0.3) is 10.7 Å². The first-order valence-electron chi connectivity index (χ1n) is 7.60. The minimum absolute atomic E-state index is 0.0360. The molecule has 24 heavy (non-hydrogen) atoms. The number of aromatic nitrogens is 3. The highest BCUT2D eigenvalue weighted by atomic mass is 32.1. The molecule has 0 N–H and O–H groups in total. The molecule has 7 nitrogen and oxygen atoms in total. The Bertz CT molecular complexity index is 937. The summed E-state index contributed by atoms with van der Waals surface area (Å²) in [5.74, 6) is 0.708. The predicted octanol–water partition coefficient (Wildman–Crippen LogP) is 3.06. The van der Waals surface area contributed by atoms with Crippen LogP contribution < -0.4 is 5.69 Å². The molecule has 2 aromatic heterocycles. The van der Waals surface area contributed by atoms with E-state index < -0.39 is 4.92 Å². The summed E-state index contributed by atoms with van der Waals surface area (Å²) in [6.07, 6.45) is 2.00. The molecule has 0 spiro atoms. The number of hydrogen-bond donors (Lipinski definition) is 0. The van der Waals surface area contributed by atoms with Gasteiger partial charge in [0.1, 0.15) is 0 Å². The molecule has 0 saturated heterocycles. The Labute approximate surface area is 140 Å². The van der Waals surface area contributed by atoms with Crippen LogP contribution in [-0.4, -0.2) is 19.3 Å². The highest BCUT2D eigenvalue weighted by Gasteiger charge is 2.30. The lowest BCUT2D eigenvalue weighted by molar-refractivity contribution is -0.384. The maximum absolute atomic E-state index is 12.7. The van der Waals surface area contributed by atoms with E-state index in [2.05, 4.69) is 5.10 Å². The van der Waals surface area contributed by atoms with Crippen molar-refractivity contribution in [3.63, 3.8) is 0 Å². The lowest BCUT2D eigenvalue weighted by Gasteiger charge is -2.00. The molecule has 1 fully saturated rings. The van der Waals surface area contributed by atoms with Gasteiger partial charge in [-0.3, -0.25) is 14.7 Å². The number of hydrogen-bond acceptors (Lipinski definition) is 5. The van der Waals surface area contributed by atoms with Crippen LogP contribution in [0.1, 0.15) is 24.4 Å². The average Bonchev–Trinajstić information content (AvgIpc) is 3.15. The number of rotatable bonds is 5. The van der Waals surface area contributed by atoms with E-state index >= 15 is 0 Å². The van der Waals surface area contributed by atoms with Gasteiger partial charge in [-0.2, -0.15) is 0 Å². The maximum atomic E-state index is 12.7. The van der Waals surface area contributed by atoms with E-state index in [1.807, 2.05) is 17.5 Å². The molecule has 0 unspecified atom stereocenters. The van der Waals surface area contributed by atoms with Crippen LogP contribution in [0.4, 0.5) is 5.69 Å². The van der Waals surface area contributed by atoms with Gasteiger partial charge in [0.05, 0.1) is 16.3 Å². The van der Waals surface area contributed by atoms with E-state index in [0.29, 0.717) is 12.4 Å². The lowest BCUT2D eigenvalue weighted by Crippen LogP contribution is -2.25. The molecule has 0 aliphatic heterocycles. The normalized spacial score (nSPS) is 14.0. The van der Waals surface area contributed by atoms with Crippen molar-refractivity contribution in [1.82, 2.24) is 14.3 Å². The summed E-state index contributed by atoms with van der Waals surface area (Å²) < 4.78 is 3.21. The van der Waals surface area contributed by atoms with Crippen molar-refractivity contribution in [2.45, 2.75) is 25.4 Å². The van der Waals surface area contributed by atoms with Gasteiger partial charge >= 0.3 is 5.69 Å². The minimum atomic E-state index is -0.438. The number of nitro groups is 1. The van der Waals surface area contributed by atoms with Crippen LogP contribution in [0.15, 0.2) is 46.6 Å². The third-order valence-electron chi connectivity index (χ3n) is 4.00. The summed E-state index contributed by atoms with van der Waals surface area (Å²) in [7, 11) is 0. The molecule has 1 aliphatic carbocycles. The topological polar surface area (TPSA) is 83.0 Å². The van der Waals surface area contributed by atoms with E-state index in [0.717, 1.165) is 23.3 Å². The summed E-state index contributed by atoms with van der Waals surface area (Å²) in [4.78, 5) is 24.0. The summed E-state index contributed by atoms with van der Waals surface area (Å²) in [5.41, 5.74) is 0.717. The molecular formula is C16H14N4O3S. The fourth-order valence-corrected chi connectivity index (χ4v) is 3.36. The van der Waals surface area contributed by atoms with E-state index in [4.69, 9.17) is 0 Å². The second kappa shape index (κ2) is 5.72. The van der Waals surface area contributed by atoms with Gasteiger partial charge in [0, 0.05) is 18.2 Å². The van der Waals surface area contributed by atoms with Crippen molar-refractivity contribution in [3.05, 3.63) is 67.9 Å². The largest absolute Gasteiger partial charge is 0.346 e. The first kappa shape index (κ1) is 14.8. The van der Waals surface area contributed by atoms with E-state index in [-0.39, 0.29) is 17.4 Å². The summed E-state index contributed by atoms with van der Waals surface area (Å²) in [5, 5.41) is 17.2. The van der Waals surface area contributed by atoms with Gasteiger partial charge in [-0.25, -0.2) is 9.48 Å². The fraction of sp³-hybridized carbons (Fsp3) is 0.250. The minimum Gasteiger partial charge on any atom is -0.271 e. The second-order valence-corrected chi connectivity index (χ2v) is 6.71. The zero-order valence-electron chi connectivity index (χ0n) is 12.7. The Morgan fingerprint density at radius 3 is 2.58 bits per heavy atom. The predicted molar refractivity (Wildman–Crippen MR) is 90.3 cm³/mol. The van der Waals surface area contributed by atoms with Gasteiger partial charge in [-0.1, -0.05) is 18.2 Å². The molecule has 1 aliphatic rings. The van der Waals surface area contributed by atoms with Gasteiger partial charge in [0.2, 0.25) is 0 Å². The number of nitrogens with zero attached hydrogens (tertiary/aromatic N) is 4. The molecule has 3 aromatic rings. The SMILES string of the molecule is O=c1n(Cc2ccc([N+](=O)[O-])cc2)nc(-c2cccs2)n1C1CC1. The van der Waals surface area contributed by atoms with Gasteiger partial charge in [-0.05, 0) is 29.9 Å². The molecular weight excluding hydrogens is 328 g/mol. The Kier molecular flexibility index (Phi) is 3.53. The molecule has 1 aromatic carbocycles. The number of nitro benzene ring substituents is 1. The Hall–Kier alpha value is -2.74. The Morgan fingerprint density at radius 2 is 2.00 bits per heavy atom. The zero-order chi connectivity index (χ0) is 16.7. The number of non-ortho nitro benzene ring substituents is 1. The van der Waals surface area contributed by atoms with Crippen molar-refractivity contribution in [1.29, 1.82) is 0 Å². The van der Waals surface area contributed by atoms with Crippen LogP contribution in [-0.2, 0) is 6.54 Å². The van der Waals surface area contributed by atoms with Crippen LogP contribution >= 0.6 is 11.3 Å². The fourth-order valence-electron chi connectivity index (χ4n) is 2.65. The van der Waals surface area contributed by atoms with Crippen molar-refractivity contribution in [3.8, 4) is 10.7 Å². The van der Waals surface area contributed by atoms with Gasteiger partial charge in [0.15, 0.2) is 5.82 Å². The first-order valence-corrected chi connectivity index (χ1v) is 8.48. The smallest absolute Gasteiger partial charge is 0.271 e. The molecule has 0 amide bonds. The third-order valence-corrected chi connectivity index (χ3v) is 4.87. The van der Waals surface area contributed by atoms with Crippen LogP contribution in [0.5, 0.6) is 0 Å². The van der Waals surface area contributed by atoms with Crippen LogP contribution in [0.2, 0.25) is 0 Å². The van der Waals surface area contributed by atoms with Crippen molar-refractivity contribution < 1.29 is 4.92 Å². The van der Waals surface area contributed by atoms with Gasteiger partial charge in [-0.15, -0.1) is 16.4 Å². The molecule has 0 atom stereocenters. The standard InChI is InChI=1S/C16H14N4O3S/c21-16-18(10-11-3-5-13(6-4-11)20(22)23)17-15(14-2-1-9-24-14)19(16)12-7-8-12/h1-6,9,12H,7-8,10H2. The Balaban J connectivity index is 1.70. The summed E-state index contributed by atoms with van der Waals surface area (Å²) >= 11 is 1.56. The van der Waals surface area contributed by atoms with Crippen molar-refractivity contribution in [2.75, 3.05) is 0 Å². The molecule has 2 heterocycles. The number of benzene rings is 1. The van der Waals surface area contributed by atoms with Crippen molar-refractivity contribution >= 4 is 17.0 Å². The lowest BCUT2D eigenvalue weighted by atomic mass is 10.2. The monoisotopic (exact) mass is 342 g/mol. The molecule has 1 saturated carbocycles. The molecule has 4 rings (SSSR count). The van der Waals surface area contributed by atoms with E-state index in [1.165, 1.54) is 16.8 Å². The molecule has 0 bridgehead atoms. The van der Waals surface area contributed by atoms with Gasteiger partial charge in [0.25, 0.3) is 5.69 Å². The molecule has 122 valence electrons. The van der Waals surface area contributed by atoms with E-state index in [1.54, 1.807) is 28.0 Å². The highest BCUT2D eigenvalue weighted by molar-refractivity contribution is 7.13. The van der Waals surface area contributed by atoms with E-state index in [9.17, 15) is 14.9 Å². The average molecular weight is 342 g/mol. The van der Waals surface area contributed by atoms with Gasteiger partial charge < -0.3 is 0 Å². The number of thiophene rings is 1. The second-order valence-electron chi connectivity index (χ2n) is 5.77.